The van der Waals surface area contributed by atoms with Crippen LogP contribution in [0, 0.1) is 5.92 Å². The summed E-state index contributed by atoms with van der Waals surface area (Å²) in [6.45, 7) is 2.70. The van der Waals surface area contributed by atoms with E-state index >= 15 is 0 Å². The van der Waals surface area contributed by atoms with E-state index in [-0.39, 0.29) is 6.04 Å². The van der Waals surface area contributed by atoms with Crippen molar-refractivity contribution in [2.75, 3.05) is 6.61 Å². The number of halogens is 1. The summed E-state index contributed by atoms with van der Waals surface area (Å²) >= 11 is 3.53. The van der Waals surface area contributed by atoms with E-state index in [1.807, 2.05) is 19.1 Å². The molecule has 3 heteroatoms. The first-order chi connectivity index (χ1) is 9.70. The van der Waals surface area contributed by atoms with Gasteiger partial charge in [-0.25, -0.2) is 0 Å². The highest BCUT2D eigenvalue weighted by atomic mass is 79.9. The van der Waals surface area contributed by atoms with Crippen molar-refractivity contribution >= 4 is 15.9 Å². The highest BCUT2D eigenvalue weighted by Crippen LogP contribution is 2.33. The van der Waals surface area contributed by atoms with E-state index in [0.717, 1.165) is 28.1 Å². The highest BCUT2D eigenvalue weighted by molar-refractivity contribution is 9.10. The molecule has 1 aliphatic rings. The third kappa shape index (κ3) is 4.49. The first kappa shape index (κ1) is 15.8. The van der Waals surface area contributed by atoms with Crippen molar-refractivity contribution in [3.63, 3.8) is 0 Å². The van der Waals surface area contributed by atoms with E-state index in [4.69, 9.17) is 10.5 Å². The van der Waals surface area contributed by atoms with E-state index in [0.29, 0.717) is 6.61 Å². The van der Waals surface area contributed by atoms with Crippen LogP contribution in [0.1, 0.15) is 63.5 Å². The lowest BCUT2D eigenvalue weighted by Gasteiger charge is -2.23. The summed E-state index contributed by atoms with van der Waals surface area (Å²) < 4.78 is 6.78. The van der Waals surface area contributed by atoms with Gasteiger partial charge in [-0.05, 0) is 43.9 Å². The lowest BCUT2D eigenvalue weighted by atomic mass is 9.84. The van der Waals surface area contributed by atoms with Crippen LogP contribution in [0.3, 0.4) is 0 Å². The normalized spacial score (nSPS) is 17.9. The molecule has 1 unspecified atom stereocenters. The van der Waals surface area contributed by atoms with Gasteiger partial charge in [0.25, 0.3) is 0 Å². The molecule has 0 amide bonds. The summed E-state index contributed by atoms with van der Waals surface area (Å²) in [5.41, 5.74) is 7.55. The number of nitrogens with two attached hydrogens (primary N) is 1. The number of hydrogen-bond donors (Lipinski definition) is 1. The van der Waals surface area contributed by atoms with Crippen molar-refractivity contribution in [1.82, 2.24) is 0 Å². The Morgan fingerprint density at radius 2 is 2.05 bits per heavy atom. The molecular formula is C17H26BrNO. The van der Waals surface area contributed by atoms with Gasteiger partial charge in [0.1, 0.15) is 5.75 Å². The first-order valence-electron chi connectivity index (χ1n) is 7.88. The van der Waals surface area contributed by atoms with Crippen LogP contribution in [0.15, 0.2) is 22.7 Å². The molecule has 112 valence electrons. The molecule has 1 aromatic rings. The van der Waals surface area contributed by atoms with Gasteiger partial charge in [0, 0.05) is 16.1 Å². The summed E-state index contributed by atoms with van der Waals surface area (Å²) in [6.07, 6.45) is 9.32. The summed E-state index contributed by atoms with van der Waals surface area (Å²) in [4.78, 5) is 0. The van der Waals surface area contributed by atoms with Gasteiger partial charge in [0.2, 0.25) is 0 Å². The molecule has 0 radical (unpaired) electrons. The van der Waals surface area contributed by atoms with Gasteiger partial charge >= 0.3 is 0 Å². The van der Waals surface area contributed by atoms with Crippen LogP contribution >= 0.6 is 15.9 Å². The van der Waals surface area contributed by atoms with Crippen LogP contribution in [0.2, 0.25) is 0 Å². The maximum atomic E-state index is 6.41. The molecule has 1 aromatic carbocycles. The fourth-order valence-electron chi connectivity index (χ4n) is 3.14. The average molecular weight is 340 g/mol. The van der Waals surface area contributed by atoms with Crippen molar-refractivity contribution in [2.24, 2.45) is 11.7 Å². The zero-order valence-electron chi connectivity index (χ0n) is 12.4. The Bertz CT molecular complexity index is 415. The molecular weight excluding hydrogens is 314 g/mol. The Hall–Kier alpha value is -0.540. The Labute approximate surface area is 131 Å². The third-order valence-electron chi connectivity index (χ3n) is 4.28. The summed E-state index contributed by atoms with van der Waals surface area (Å²) in [6, 6.07) is 6.22. The van der Waals surface area contributed by atoms with Gasteiger partial charge in [-0.15, -0.1) is 0 Å². The van der Waals surface area contributed by atoms with Crippen LogP contribution in [0.5, 0.6) is 5.75 Å². The molecule has 2 rings (SSSR count). The molecule has 0 spiro atoms. The van der Waals surface area contributed by atoms with Crippen LogP contribution < -0.4 is 10.5 Å². The van der Waals surface area contributed by atoms with Crippen LogP contribution in [-0.2, 0) is 0 Å². The van der Waals surface area contributed by atoms with Crippen molar-refractivity contribution in [1.29, 1.82) is 0 Å². The Kier molecular flexibility index (Phi) is 6.37. The average Bonchev–Trinajstić information content (AvgIpc) is 2.48. The minimum absolute atomic E-state index is 0.0796. The maximum Gasteiger partial charge on any atom is 0.124 e. The Balaban J connectivity index is 1.96. The number of ether oxygens (including phenoxy) is 1. The van der Waals surface area contributed by atoms with Gasteiger partial charge in [-0.1, -0.05) is 48.0 Å². The second-order valence-corrected chi connectivity index (χ2v) is 6.72. The smallest absolute Gasteiger partial charge is 0.124 e. The summed E-state index contributed by atoms with van der Waals surface area (Å²) in [5.74, 6) is 1.82. The summed E-state index contributed by atoms with van der Waals surface area (Å²) in [5, 5.41) is 0. The minimum atomic E-state index is 0.0796. The highest BCUT2D eigenvalue weighted by Gasteiger charge is 2.17. The third-order valence-corrected chi connectivity index (χ3v) is 4.78. The lowest BCUT2D eigenvalue weighted by Crippen LogP contribution is -2.15. The maximum absolute atomic E-state index is 6.41. The Morgan fingerprint density at radius 3 is 2.75 bits per heavy atom. The number of benzene rings is 1. The van der Waals surface area contributed by atoms with Crippen molar-refractivity contribution in [3.05, 3.63) is 28.2 Å². The van der Waals surface area contributed by atoms with E-state index in [9.17, 15) is 0 Å². The fourth-order valence-corrected chi connectivity index (χ4v) is 3.52. The predicted molar refractivity (Wildman–Crippen MR) is 88.0 cm³/mol. The zero-order chi connectivity index (χ0) is 14.4. The van der Waals surface area contributed by atoms with Gasteiger partial charge in [-0.3, -0.25) is 0 Å². The standard InChI is InChI=1S/C17H26BrNO/c1-2-20-17-11-9-14(18)12-15(17)16(19)10-8-13-6-4-3-5-7-13/h9,11-13,16H,2-8,10,19H2,1H3. The van der Waals surface area contributed by atoms with E-state index in [2.05, 4.69) is 22.0 Å². The molecule has 0 saturated heterocycles. The van der Waals surface area contributed by atoms with E-state index in [1.54, 1.807) is 0 Å². The monoisotopic (exact) mass is 339 g/mol. The summed E-state index contributed by atoms with van der Waals surface area (Å²) in [7, 11) is 0. The predicted octanol–water partition coefficient (Wildman–Crippen LogP) is 5.21. The molecule has 0 bridgehead atoms. The number of hydrogen-bond acceptors (Lipinski definition) is 2. The van der Waals surface area contributed by atoms with Gasteiger partial charge in [0.05, 0.1) is 6.61 Å². The van der Waals surface area contributed by atoms with Gasteiger partial charge in [0.15, 0.2) is 0 Å². The molecule has 1 saturated carbocycles. The molecule has 1 aliphatic carbocycles. The van der Waals surface area contributed by atoms with Crippen molar-refractivity contribution in [3.8, 4) is 5.75 Å². The van der Waals surface area contributed by atoms with E-state index in [1.165, 1.54) is 38.5 Å². The second kappa shape index (κ2) is 8.04. The second-order valence-electron chi connectivity index (χ2n) is 5.80. The molecule has 0 aromatic heterocycles. The molecule has 0 aliphatic heterocycles. The molecule has 20 heavy (non-hydrogen) atoms. The SMILES string of the molecule is CCOc1ccc(Br)cc1C(N)CCC1CCCCC1. The zero-order valence-corrected chi connectivity index (χ0v) is 14.0. The van der Waals surface area contributed by atoms with Crippen molar-refractivity contribution in [2.45, 2.75) is 57.9 Å². The first-order valence-corrected chi connectivity index (χ1v) is 8.67. The van der Waals surface area contributed by atoms with Crippen molar-refractivity contribution < 1.29 is 4.74 Å². The van der Waals surface area contributed by atoms with E-state index < -0.39 is 0 Å². The molecule has 0 heterocycles. The molecule has 2 nitrogen and oxygen atoms in total. The number of rotatable bonds is 6. The fraction of sp³-hybridized carbons (Fsp3) is 0.647. The molecule has 1 fully saturated rings. The van der Waals surface area contributed by atoms with Gasteiger partial charge < -0.3 is 10.5 Å². The van der Waals surface area contributed by atoms with Crippen LogP contribution in [0.4, 0.5) is 0 Å². The topological polar surface area (TPSA) is 35.2 Å². The quantitative estimate of drug-likeness (QED) is 0.772. The van der Waals surface area contributed by atoms with Crippen LogP contribution in [0.25, 0.3) is 0 Å². The molecule has 2 N–H and O–H groups in total. The largest absolute Gasteiger partial charge is 0.494 e. The van der Waals surface area contributed by atoms with Gasteiger partial charge in [-0.2, -0.15) is 0 Å². The minimum Gasteiger partial charge on any atom is -0.494 e. The Morgan fingerprint density at radius 1 is 1.30 bits per heavy atom. The van der Waals surface area contributed by atoms with Crippen LogP contribution in [-0.4, -0.2) is 6.61 Å². The molecule has 1 atom stereocenters. The lowest BCUT2D eigenvalue weighted by molar-refractivity contribution is 0.315.